The molecule has 8 atom stereocenters. The second kappa shape index (κ2) is 6.20. The van der Waals surface area contributed by atoms with Gasteiger partial charge in [0.1, 0.15) is 11.9 Å². The van der Waals surface area contributed by atoms with Crippen molar-refractivity contribution in [2.75, 3.05) is 0 Å². The fraction of sp³-hybridized carbons (Fsp3) is 0.952. The molecule has 1 unspecified atom stereocenters. The van der Waals surface area contributed by atoms with Crippen LogP contribution in [0.1, 0.15) is 78.6 Å². The van der Waals surface area contributed by atoms with Crippen LogP contribution < -0.4 is 0 Å². The molecule has 0 N–H and O–H groups in total. The Morgan fingerprint density at radius 2 is 1.69 bits per heavy atom. The van der Waals surface area contributed by atoms with Gasteiger partial charge in [0.2, 0.25) is 0 Å². The van der Waals surface area contributed by atoms with Crippen molar-refractivity contribution in [2.24, 2.45) is 40.4 Å². The molecule has 4 aliphatic carbocycles. The number of carbonyl (C=O) groups excluding carboxylic acids is 1. The number of nitrogens with zero attached hydrogens (tertiary/aromatic N) is 1. The first-order chi connectivity index (χ1) is 12.3. The number of rotatable bonds is 3. The van der Waals surface area contributed by atoms with Crippen LogP contribution in [0.2, 0.25) is 0 Å². The molecule has 0 aromatic carbocycles. The third-order valence-corrected chi connectivity index (χ3v) is 9.34. The number of Topliss-reactive ketones (excluding diaryl/α,β-unsaturated/α-hetero) is 1. The monoisotopic (exact) mass is 363 g/mol. The van der Waals surface area contributed by atoms with Crippen molar-refractivity contribution in [1.82, 2.24) is 0 Å². The third-order valence-electron chi connectivity index (χ3n) is 9.34. The minimum atomic E-state index is -0.606. The van der Waals surface area contributed by atoms with Gasteiger partial charge >= 0.3 is 0 Å². The van der Waals surface area contributed by atoms with Crippen molar-refractivity contribution in [3.05, 3.63) is 10.1 Å². The Hall–Kier alpha value is -1.13. The number of hydrogen-bond donors (Lipinski definition) is 0. The van der Waals surface area contributed by atoms with E-state index < -0.39 is 5.09 Å². The normalized spacial score (nSPS) is 50.3. The van der Waals surface area contributed by atoms with E-state index in [-0.39, 0.29) is 17.4 Å². The molecule has 5 nitrogen and oxygen atoms in total. The Kier molecular flexibility index (Phi) is 4.35. The zero-order chi connectivity index (χ0) is 18.7. The lowest BCUT2D eigenvalue weighted by Gasteiger charge is -2.61. The Morgan fingerprint density at radius 3 is 2.38 bits per heavy atom. The van der Waals surface area contributed by atoms with Crippen molar-refractivity contribution in [1.29, 1.82) is 0 Å². The highest BCUT2D eigenvalue weighted by Crippen LogP contribution is 2.67. The molecule has 4 fully saturated rings. The highest BCUT2D eigenvalue weighted by Gasteiger charge is 2.60. The Bertz CT molecular complexity index is 607. The average molecular weight is 363 g/mol. The maximum Gasteiger partial charge on any atom is 0.294 e. The van der Waals surface area contributed by atoms with Crippen molar-refractivity contribution >= 4 is 5.78 Å². The molecule has 0 radical (unpaired) electrons. The van der Waals surface area contributed by atoms with E-state index in [0.29, 0.717) is 23.0 Å². The molecule has 0 bridgehead atoms. The average Bonchev–Trinajstić information content (AvgIpc) is 2.92. The maximum atomic E-state index is 12.2. The summed E-state index contributed by atoms with van der Waals surface area (Å²) < 4.78 is 0. The number of ketones is 1. The first kappa shape index (κ1) is 18.2. The summed E-state index contributed by atoms with van der Waals surface area (Å²) in [7, 11) is 0. The standard InChI is InChI=1S/C21H33NO4/c1-13(23)17-6-7-18-16-5-4-14-12-15(26-22(24)25)8-10-20(14,2)19(16)9-11-21(17,18)3/h14-19H,4-12H2,1-3H3/t14-,15?,16-,17+,18-,19-,20-,21+/m0/s1. The summed E-state index contributed by atoms with van der Waals surface area (Å²) >= 11 is 0. The molecule has 0 amide bonds. The quantitative estimate of drug-likeness (QED) is 0.533. The lowest BCUT2D eigenvalue weighted by molar-refractivity contribution is -0.770. The Balaban J connectivity index is 1.54. The molecule has 0 spiro atoms. The van der Waals surface area contributed by atoms with Crippen molar-refractivity contribution in [3.8, 4) is 0 Å². The van der Waals surface area contributed by atoms with E-state index in [1.165, 1.54) is 32.1 Å². The van der Waals surface area contributed by atoms with Crippen LogP contribution in [0.15, 0.2) is 0 Å². The van der Waals surface area contributed by atoms with Crippen molar-refractivity contribution < 1.29 is 14.7 Å². The number of hydrogen-bond acceptors (Lipinski definition) is 4. The summed E-state index contributed by atoms with van der Waals surface area (Å²) in [6, 6.07) is 0. The van der Waals surface area contributed by atoms with Gasteiger partial charge in [0.15, 0.2) is 0 Å². The van der Waals surface area contributed by atoms with Crippen molar-refractivity contribution in [2.45, 2.75) is 84.7 Å². The second-order valence-electron chi connectivity index (χ2n) is 10.2. The van der Waals surface area contributed by atoms with E-state index in [1.54, 1.807) is 6.92 Å². The van der Waals surface area contributed by atoms with Gasteiger partial charge in [-0.1, -0.05) is 13.8 Å². The number of fused-ring (bicyclic) bond motifs is 5. The largest absolute Gasteiger partial charge is 0.311 e. The topological polar surface area (TPSA) is 69.4 Å². The highest BCUT2D eigenvalue weighted by atomic mass is 17.0. The minimum Gasteiger partial charge on any atom is -0.311 e. The number of carbonyl (C=O) groups is 1. The lowest BCUT2D eigenvalue weighted by Crippen LogP contribution is -2.54. The molecule has 0 aliphatic heterocycles. The van der Waals surface area contributed by atoms with Gasteiger partial charge in [0.25, 0.3) is 5.09 Å². The molecule has 146 valence electrons. The molecule has 5 heteroatoms. The smallest absolute Gasteiger partial charge is 0.294 e. The van der Waals surface area contributed by atoms with Crippen LogP contribution in [0.25, 0.3) is 0 Å². The molecule has 4 saturated carbocycles. The van der Waals surface area contributed by atoms with Crippen LogP contribution in [0.4, 0.5) is 0 Å². The van der Waals surface area contributed by atoms with E-state index in [1.807, 2.05) is 0 Å². The predicted molar refractivity (Wildman–Crippen MR) is 97.8 cm³/mol. The molecule has 4 aliphatic rings. The summed E-state index contributed by atoms with van der Waals surface area (Å²) in [5.74, 6) is 3.38. The van der Waals surface area contributed by atoms with Crippen LogP contribution in [0, 0.1) is 50.5 Å². The molecule has 0 saturated heterocycles. The van der Waals surface area contributed by atoms with Crippen molar-refractivity contribution in [3.63, 3.8) is 0 Å². The molecule has 4 rings (SSSR count). The van der Waals surface area contributed by atoms with E-state index >= 15 is 0 Å². The summed E-state index contributed by atoms with van der Waals surface area (Å²) in [5, 5.41) is 10.1. The molecular weight excluding hydrogens is 330 g/mol. The highest BCUT2D eigenvalue weighted by molar-refractivity contribution is 5.79. The summed E-state index contributed by atoms with van der Waals surface area (Å²) in [4.78, 5) is 27.9. The Morgan fingerprint density at radius 1 is 1.00 bits per heavy atom. The van der Waals surface area contributed by atoms with Gasteiger partial charge in [-0.15, -0.1) is 10.1 Å². The molecular formula is C21H33NO4. The van der Waals surface area contributed by atoms with Crippen LogP contribution in [-0.4, -0.2) is 17.0 Å². The predicted octanol–water partition coefficient (Wildman–Crippen LogP) is 4.81. The molecule has 0 aromatic rings. The minimum absolute atomic E-state index is 0.206. The van der Waals surface area contributed by atoms with E-state index in [2.05, 4.69) is 13.8 Å². The first-order valence-electron chi connectivity index (χ1n) is 10.6. The van der Waals surface area contributed by atoms with Crippen LogP contribution in [0.5, 0.6) is 0 Å². The zero-order valence-corrected chi connectivity index (χ0v) is 16.4. The van der Waals surface area contributed by atoms with E-state index in [9.17, 15) is 14.9 Å². The van der Waals surface area contributed by atoms with Gasteiger partial charge in [-0.2, -0.15) is 0 Å². The zero-order valence-electron chi connectivity index (χ0n) is 16.4. The molecule has 0 aromatic heterocycles. The van der Waals surface area contributed by atoms with Crippen LogP contribution in [-0.2, 0) is 9.63 Å². The van der Waals surface area contributed by atoms with Gasteiger partial charge < -0.3 is 4.84 Å². The van der Waals surface area contributed by atoms with E-state index in [4.69, 9.17) is 4.84 Å². The second-order valence-corrected chi connectivity index (χ2v) is 10.2. The third kappa shape index (κ3) is 2.60. The van der Waals surface area contributed by atoms with Gasteiger partial charge in [-0.05, 0) is 99.2 Å². The van der Waals surface area contributed by atoms with Gasteiger partial charge in [0, 0.05) is 5.92 Å². The fourth-order valence-corrected chi connectivity index (χ4v) is 8.10. The molecule has 26 heavy (non-hydrogen) atoms. The molecule has 0 heterocycles. The van der Waals surface area contributed by atoms with E-state index in [0.717, 1.165) is 37.5 Å². The lowest BCUT2D eigenvalue weighted by atomic mass is 9.44. The van der Waals surface area contributed by atoms with Gasteiger partial charge in [-0.25, -0.2) is 0 Å². The Labute approximate surface area is 156 Å². The first-order valence-corrected chi connectivity index (χ1v) is 10.6. The van der Waals surface area contributed by atoms with Gasteiger partial charge in [-0.3, -0.25) is 4.79 Å². The van der Waals surface area contributed by atoms with Gasteiger partial charge in [0.05, 0.1) is 0 Å². The fourth-order valence-electron chi connectivity index (χ4n) is 8.10. The maximum absolute atomic E-state index is 12.2. The summed E-state index contributed by atoms with van der Waals surface area (Å²) in [6.45, 7) is 6.64. The van der Waals surface area contributed by atoms with Crippen LogP contribution >= 0.6 is 0 Å². The summed E-state index contributed by atoms with van der Waals surface area (Å²) in [5.41, 5.74) is 0.511. The van der Waals surface area contributed by atoms with Crippen LogP contribution in [0.3, 0.4) is 0 Å². The summed E-state index contributed by atoms with van der Waals surface area (Å²) in [6.07, 6.45) is 9.63. The SMILES string of the molecule is CC(=O)[C@H]1CC[C@H]2[C@@H]3CC[C@H]4CC(O[N+](=O)[O-])CC[C@]4(C)[C@H]3CC[C@]12C.